The van der Waals surface area contributed by atoms with Crippen LogP contribution in [0.15, 0.2) is 24.3 Å². The number of hydrogen-bond acceptors (Lipinski definition) is 2. The predicted octanol–water partition coefficient (Wildman–Crippen LogP) is 4.16. The molecular weight excluding hydrogens is 272 g/mol. The molecule has 0 radical (unpaired) electrons. The Morgan fingerprint density at radius 2 is 1.90 bits per heavy atom. The molecule has 4 heteroatoms. The second-order valence-corrected chi connectivity index (χ2v) is 5.40. The first kappa shape index (κ1) is 14.8. The van der Waals surface area contributed by atoms with Crippen LogP contribution in [0.5, 0.6) is 0 Å². The largest absolute Gasteiger partial charge is 0.292 e. The van der Waals surface area contributed by atoms with Crippen molar-refractivity contribution >= 4 is 17.4 Å². The SMILES string of the molecule is CCc1ccc(C(=O)C(C)n2nc(C)c(Cl)c2C)cc1. The summed E-state index contributed by atoms with van der Waals surface area (Å²) >= 11 is 6.14. The molecule has 1 heterocycles. The van der Waals surface area contributed by atoms with Crippen molar-refractivity contribution in [1.29, 1.82) is 0 Å². The van der Waals surface area contributed by atoms with Crippen LogP contribution < -0.4 is 0 Å². The van der Waals surface area contributed by atoms with Gasteiger partial charge in [-0.15, -0.1) is 0 Å². The summed E-state index contributed by atoms with van der Waals surface area (Å²) in [4.78, 5) is 12.5. The van der Waals surface area contributed by atoms with Gasteiger partial charge in [0.25, 0.3) is 0 Å². The van der Waals surface area contributed by atoms with Gasteiger partial charge in [-0.3, -0.25) is 9.48 Å². The molecule has 0 spiro atoms. The van der Waals surface area contributed by atoms with E-state index in [1.54, 1.807) is 4.68 Å². The number of aromatic nitrogens is 2. The fourth-order valence-corrected chi connectivity index (χ4v) is 2.40. The first-order valence-electron chi connectivity index (χ1n) is 6.80. The van der Waals surface area contributed by atoms with Gasteiger partial charge in [0.1, 0.15) is 6.04 Å². The van der Waals surface area contributed by atoms with Gasteiger partial charge in [-0.05, 0) is 32.8 Å². The molecule has 106 valence electrons. The first-order valence-corrected chi connectivity index (χ1v) is 7.17. The van der Waals surface area contributed by atoms with Crippen molar-refractivity contribution in [2.24, 2.45) is 0 Å². The van der Waals surface area contributed by atoms with Crippen LogP contribution in [0.3, 0.4) is 0 Å². The van der Waals surface area contributed by atoms with Gasteiger partial charge in [0.05, 0.1) is 16.4 Å². The first-order chi connectivity index (χ1) is 9.45. The number of rotatable bonds is 4. The van der Waals surface area contributed by atoms with E-state index in [0.717, 1.165) is 17.8 Å². The lowest BCUT2D eigenvalue weighted by Gasteiger charge is -2.13. The fourth-order valence-electron chi connectivity index (χ4n) is 2.28. The van der Waals surface area contributed by atoms with Crippen LogP contribution in [-0.2, 0) is 6.42 Å². The maximum absolute atomic E-state index is 12.5. The van der Waals surface area contributed by atoms with E-state index in [4.69, 9.17) is 11.6 Å². The van der Waals surface area contributed by atoms with Gasteiger partial charge in [-0.2, -0.15) is 5.10 Å². The molecule has 2 rings (SSSR count). The van der Waals surface area contributed by atoms with Crippen LogP contribution in [-0.4, -0.2) is 15.6 Å². The molecule has 0 bridgehead atoms. The number of ketones is 1. The monoisotopic (exact) mass is 290 g/mol. The van der Waals surface area contributed by atoms with Crippen LogP contribution in [0, 0.1) is 13.8 Å². The number of carbonyl (C=O) groups is 1. The third kappa shape index (κ3) is 2.63. The van der Waals surface area contributed by atoms with Crippen LogP contribution in [0.4, 0.5) is 0 Å². The summed E-state index contributed by atoms with van der Waals surface area (Å²) in [7, 11) is 0. The maximum Gasteiger partial charge on any atom is 0.187 e. The molecule has 0 fully saturated rings. The molecule has 0 amide bonds. The van der Waals surface area contributed by atoms with Gasteiger partial charge in [0, 0.05) is 5.56 Å². The van der Waals surface area contributed by atoms with E-state index >= 15 is 0 Å². The number of halogens is 1. The van der Waals surface area contributed by atoms with Crippen molar-refractivity contribution in [3.05, 3.63) is 51.8 Å². The minimum absolute atomic E-state index is 0.0509. The number of carbonyl (C=O) groups excluding carboxylic acids is 1. The minimum atomic E-state index is -0.353. The Morgan fingerprint density at radius 1 is 1.30 bits per heavy atom. The molecule has 0 aliphatic heterocycles. The summed E-state index contributed by atoms with van der Waals surface area (Å²) in [6.07, 6.45) is 0.969. The number of benzene rings is 1. The zero-order valence-corrected chi connectivity index (χ0v) is 13.0. The Bertz CT molecular complexity index is 629. The highest BCUT2D eigenvalue weighted by atomic mass is 35.5. The summed E-state index contributed by atoms with van der Waals surface area (Å²) in [5.74, 6) is 0.0509. The lowest BCUT2D eigenvalue weighted by molar-refractivity contribution is 0.0926. The predicted molar refractivity (Wildman–Crippen MR) is 81.6 cm³/mol. The highest BCUT2D eigenvalue weighted by Crippen LogP contribution is 2.24. The molecule has 0 N–H and O–H groups in total. The summed E-state index contributed by atoms with van der Waals surface area (Å²) in [6, 6.07) is 7.40. The summed E-state index contributed by atoms with van der Waals surface area (Å²) < 4.78 is 1.70. The summed E-state index contributed by atoms with van der Waals surface area (Å²) in [5.41, 5.74) is 3.52. The number of hydrogen-bond donors (Lipinski definition) is 0. The fraction of sp³-hybridized carbons (Fsp3) is 0.375. The molecule has 0 aliphatic carbocycles. The van der Waals surface area contributed by atoms with Gasteiger partial charge in [0.2, 0.25) is 0 Å². The maximum atomic E-state index is 12.5. The Labute approximate surface area is 124 Å². The van der Waals surface area contributed by atoms with Gasteiger partial charge < -0.3 is 0 Å². The van der Waals surface area contributed by atoms with Crippen LogP contribution in [0.2, 0.25) is 5.02 Å². The summed E-state index contributed by atoms with van der Waals surface area (Å²) in [5, 5.41) is 4.98. The molecule has 3 nitrogen and oxygen atoms in total. The second kappa shape index (κ2) is 5.80. The van der Waals surface area contributed by atoms with Gasteiger partial charge in [-0.1, -0.05) is 42.8 Å². The average molecular weight is 291 g/mol. The lowest BCUT2D eigenvalue weighted by Crippen LogP contribution is -2.19. The minimum Gasteiger partial charge on any atom is -0.292 e. The smallest absolute Gasteiger partial charge is 0.187 e. The molecule has 0 saturated heterocycles. The molecule has 0 aliphatic rings. The topological polar surface area (TPSA) is 34.9 Å². The average Bonchev–Trinajstić information content (AvgIpc) is 2.73. The Hall–Kier alpha value is -1.61. The van der Waals surface area contributed by atoms with Gasteiger partial charge in [-0.25, -0.2) is 0 Å². The molecule has 1 unspecified atom stereocenters. The van der Waals surface area contributed by atoms with E-state index in [9.17, 15) is 4.79 Å². The Kier molecular flexibility index (Phi) is 4.29. The van der Waals surface area contributed by atoms with Crippen LogP contribution in [0.1, 0.15) is 47.2 Å². The normalized spacial score (nSPS) is 12.4. The van der Waals surface area contributed by atoms with E-state index < -0.39 is 0 Å². The molecule has 2 aromatic rings. The van der Waals surface area contributed by atoms with Crippen molar-refractivity contribution in [3.8, 4) is 0 Å². The van der Waals surface area contributed by atoms with Crippen molar-refractivity contribution in [3.63, 3.8) is 0 Å². The Balaban J connectivity index is 2.29. The number of Topliss-reactive ketones (excluding diaryl/α,β-unsaturated/α-hetero) is 1. The summed E-state index contributed by atoms with van der Waals surface area (Å²) in [6.45, 7) is 7.68. The lowest BCUT2D eigenvalue weighted by atomic mass is 10.0. The van der Waals surface area contributed by atoms with Crippen molar-refractivity contribution in [2.45, 2.75) is 40.2 Å². The third-order valence-corrected chi connectivity index (χ3v) is 4.18. The van der Waals surface area contributed by atoms with Crippen LogP contribution in [0.25, 0.3) is 0 Å². The van der Waals surface area contributed by atoms with E-state index in [0.29, 0.717) is 10.6 Å². The standard InChI is InChI=1S/C16H19ClN2O/c1-5-13-6-8-14(9-7-13)16(20)12(4)19-11(3)15(17)10(2)18-19/h6-9,12H,5H2,1-4H3. The quantitative estimate of drug-likeness (QED) is 0.793. The van der Waals surface area contributed by atoms with E-state index in [-0.39, 0.29) is 11.8 Å². The van der Waals surface area contributed by atoms with E-state index in [2.05, 4.69) is 12.0 Å². The molecule has 1 aromatic carbocycles. The Morgan fingerprint density at radius 3 is 2.35 bits per heavy atom. The zero-order chi connectivity index (χ0) is 14.9. The van der Waals surface area contributed by atoms with Gasteiger partial charge >= 0.3 is 0 Å². The van der Waals surface area contributed by atoms with E-state index in [1.165, 1.54) is 5.56 Å². The molecule has 20 heavy (non-hydrogen) atoms. The van der Waals surface area contributed by atoms with Crippen molar-refractivity contribution < 1.29 is 4.79 Å². The second-order valence-electron chi connectivity index (χ2n) is 5.02. The highest BCUT2D eigenvalue weighted by Gasteiger charge is 2.21. The highest BCUT2D eigenvalue weighted by molar-refractivity contribution is 6.31. The van der Waals surface area contributed by atoms with Crippen molar-refractivity contribution in [1.82, 2.24) is 9.78 Å². The third-order valence-electron chi connectivity index (χ3n) is 3.63. The van der Waals surface area contributed by atoms with Crippen molar-refractivity contribution in [2.75, 3.05) is 0 Å². The number of aryl methyl sites for hydroxylation is 2. The number of nitrogens with zero attached hydrogens (tertiary/aromatic N) is 2. The zero-order valence-electron chi connectivity index (χ0n) is 12.3. The molecular formula is C16H19ClN2O. The molecule has 0 saturated carbocycles. The van der Waals surface area contributed by atoms with Gasteiger partial charge in [0.15, 0.2) is 5.78 Å². The van der Waals surface area contributed by atoms with Crippen LogP contribution >= 0.6 is 11.6 Å². The molecule has 1 aromatic heterocycles. The molecule has 1 atom stereocenters. The van der Waals surface area contributed by atoms with E-state index in [1.807, 2.05) is 45.0 Å².